The molecule has 1 atom stereocenters. The Kier molecular flexibility index (Phi) is 5.36. The van der Waals surface area contributed by atoms with Crippen LogP contribution in [0.3, 0.4) is 0 Å². The Morgan fingerprint density at radius 2 is 1.81 bits per heavy atom. The third-order valence-electron chi connectivity index (χ3n) is 4.24. The van der Waals surface area contributed by atoms with Gasteiger partial charge in [0.2, 0.25) is 16.8 Å². The molecule has 1 aliphatic heterocycles. The van der Waals surface area contributed by atoms with Crippen molar-refractivity contribution in [2.24, 2.45) is 0 Å². The predicted molar refractivity (Wildman–Crippen MR) is 97.2 cm³/mol. The fourth-order valence-corrected chi connectivity index (χ4v) is 3.78. The molecule has 0 saturated heterocycles. The minimum Gasteiger partial charge on any atom is -0.497 e. The maximum absolute atomic E-state index is 12.6. The number of rotatable bonds is 7. The number of likely N-dealkylation sites (N-methyl/N-ethyl adjacent to an activating group) is 1. The number of sulfonamides is 1. The summed E-state index contributed by atoms with van der Waals surface area (Å²) in [6.07, 6.45) is 0. The first-order valence-corrected chi connectivity index (χ1v) is 9.59. The highest BCUT2D eigenvalue weighted by Crippen LogP contribution is 2.35. The lowest BCUT2D eigenvalue weighted by molar-refractivity contribution is 0.174. The fourth-order valence-electron chi connectivity index (χ4n) is 2.75. The summed E-state index contributed by atoms with van der Waals surface area (Å²) in [7, 11) is 1.71. The van der Waals surface area contributed by atoms with Gasteiger partial charge in [-0.25, -0.2) is 13.1 Å². The van der Waals surface area contributed by atoms with Gasteiger partial charge in [-0.1, -0.05) is 6.07 Å². The molecule has 0 bridgehead atoms. The van der Waals surface area contributed by atoms with Crippen LogP contribution in [0.15, 0.2) is 47.4 Å². The molecule has 0 unspecified atom stereocenters. The van der Waals surface area contributed by atoms with Gasteiger partial charge in [-0.15, -0.1) is 0 Å². The molecule has 0 amide bonds. The van der Waals surface area contributed by atoms with E-state index in [1.165, 1.54) is 19.2 Å². The molecule has 140 valence electrons. The zero-order chi connectivity index (χ0) is 18.7. The maximum Gasteiger partial charge on any atom is 0.240 e. The number of nitrogens with one attached hydrogen (secondary N) is 1. The Hall–Kier alpha value is -2.29. The van der Waals surface area contributed by atoms with E-state index in [1.807, 2.05) is 37.2 Å². The molecule has 2 aromatic rings. The third-order valence-corrected chi connectivity index (χ3v) is 5.68. The topological polar surface area (TPSA) is 77.1 Å². The van der Waals surface area contributed by atoms with Crippen LogP contribution in [0.5, 0.6) is 17.2 Å². The Bertz CT molecular complexity index is 866. The van der Waals surface area contributed by atoms with Gasteiger partial charge in [0.15, 0.2) is 11.5 Å². The molecule has 1 aliphatic rings. The summed E-state index contributed by atoms with van der Waals surface area (Å²) in [5.41, 5.74) is 0.941. The molecule has 0 saturated carbocycles. The highest BCUT2D eigenvalue weighted by molar-refractivity contribution is 7.89. The van der Waals surface area contributed by atoms with Gasteiger partial charge in [-0.3, -0.25) is 0 Å². The average Bonchev–Trinajstić information content (AvgIpc) is 3.09. The molecule has 2 aromatic carbocycles. The molecule has 0 radical (unpaired) electrons. The van der Waals surface area contributed by atoms with E-state index in [2.05, 4.69) is 4.72 Å². The van der Waals surface area contributed by atoms with Crippen LogP contribution in [0.2, 0.25) is 0 Å². The first-order valence-electron chi connectivity index (χ1n) is 8.10. The molecule has 7 nitrogen and oxygen atoms in total. The van der Waals surface area contributed by atoms with Gasteiger partial charge in [0, 0.05) is 12.6 Å². The van der Waals surface area contributed by atoms with Crippen molar-refractivity contribution in [1.29, 1.82) is 0 Å². The lowest BCUT2D eigenvalue weighted by Gasteiger charge is -2.25. The highest BCUT2D eigenvalue weighted by Gasteiger charge is 2.22. The van der Waals surface area contributed by atoms with Crippen LogP contribution in [0, 0.1) is 0 Å². The van der Waals surface area contributed by atoms with Crippen LogP contribution in [0.1, 0.15) is 11.6 Å². The fraction of sp³-hybridized carbons (Fsp3) is 0.333. The molecule has 8 heteroatoms. The zero-order valence-electron chi connectivity index (χ0n) is 14.9. The Morgan fingerprint density at radius 1 is 1.12 bits per heavy atom. The number of methoxy groups -OCH3 is 1. The van der Waals surface area contributed by atoms with Crippen molar-refractivity contribution in [3.63, 3.8) is 0 Å². The summed E-state index contributed by atoms with van der Waals surface area (Å²) >= 11 is 0. The maximum atomic E-state index is 12.6. The van der Waals surface area contributed by atoms with Crippen LogP contribution in [0.4, 0.5) is 0 Å². The van der Waals surface area contributed by atoms with Crippen LogP contribution in [-0.4, -0.2) is 47.9 Å². The van der Waals surface area contributed by atoms with Crippen LogP contribution in [-0.2, 0) is 10.0 Å². The van der Waals surface area contributed by atoms with Crippen molar-refractivity contribution in [3.05, 3.63) is 48.0 Å². The Balaban J connectivity index is 1.76. The molecule has 1 heterocycles. The van der Waals surface area contributed by atoms with E-state index in [0.29, 0.717) is 17.2 Å². The van der Waals surface area contributed by atoms with Crippen molar-refractivity contribution >= 4 is 10.0 Å². The molecule has 0 spiro atoms. The number of hydrogen-bond acceptors (Lipinski definition) is 6. The van der Waals surface area contributed by atoms with Gasteiger partial charge in [-0.05, 0) is 56.1 Å². The highest BCUT2D eigenvalue weighted by atomic mass is 32.2. The van der Waals surface area contributed by atoms with Crippen molar-refractivity contribution < 1.29 is 22.6 Å². The summed E-state index contributed by atoms with van der Waals surface area (Å²) < 4.78 is 43.6. The number of hydrogen-bond donors (Lipinski definition) is 1. The molecule has 26 heavy (non-hydrogen) atoms. The zero-order valence-corrected chi connectivity index (χ0v) is 15.7. The largest absolute Gasteiger partial charge is 0.497 e. The monoisotopic (exact) mass is 378 g/mol. The van der Waals surface area contributed by atoms with Gasteiger partial charge in [-0.2, -0.15) is 0 Å². The van der Waals surface area contributed by atoms with Crippen molar-refractivity contribution in [2.75, 3.05) is 34.5 Å². The summed E-state index contributed by atoms with van der Waals surface area (Å²) in [5.74, 6) is 1.98. The molecule has 3 rings (SSSR count). The molecule has 0 aromatic heterocycles. The van der Waals surface area contributed by atoms with Crippen LogP contribution < -0.4 is 18.9 Å². The van der Waals surface area contributed by atoms with Gasteiger partial charge >= 0.3 is 0 Å². The van der Waals surface area contributed by atoms with Crippen molar-refractivity contribution in [2.45, 2.75) is 10.9 Å². The second-order valence-corrected chi connectivity index (χ2v) is 7.89. The van der Waals surface area contributed by atoms with E-state index in [4.69, 9.17) is 14.2 Å². The third kappa shape index (κ3) is 3.92. The second kappa shape index (κ2) is 7.53. The van der Waals surface area contributed by atoms with Gasteiger partial charge in [0.1, 0.15) is 5.75 Å². The summed E-state index contributed by atoms with van der Waals surface area (Å²) in [4.78, 5) is 2.15. The van der Waals surface area contributed by atoms with E-state index in [-0.39, 0.29) is 24.3 Å². The second-order valence-electron chi connectivity index (χ2n) is 6.12. The van der Waals surface area contributed by atoms with E-state index >= 15 is 0 Å². The lowest BCUT2D eigenvalue weighted by atomic mass is 10.1. The Morgan fingerprint density at radius 3 is 2.46 bits per heavy atom. The van der Waals surface area contributed by atoms with Gasteiger partial charge < -0.3 is 19.1 Å². The van der Waals surface area contributed by atoms with Crippen LogP contribution >= 0.6 is 0 Å². The van der Waals surface area contributed by atoms with E-state index in [1.54, 1.807) is 12.1 Å². The quantitative estimate of drug-likeness (QED) is 0.794. The van der Waals surface area contributed by atoms with Gasteiger partial charge in [0.25, 0.3) is 0 Å². The van der Waals surface area contributed by atoms with Crippen molar-refractivity contribution in [3.8, 4) is 17.2 Å². The first kappa shape index (κ1) is 18.5. The summed E-state index contributed by atoms with van der Waals surface area (Å²) in [5, 5.41) is 0. The number of nitrogens with zero attached hydrogens (tertiary/aromatic N) is 1. The Labute approximate surface area is 153 Å². The SMILES string of the molecule is COc1ccc(S(=O)(=O)NC[C@H](c2ccc3c(c2)OCO3)N(C)C)cc1. The van der Waals surface area contributed by atoms with E-state index in [0.717, 1.165) is 5.56 Å². The minimum atomic E-state index is -3.62. The normalized spacial score (nSPS) is 14.5. The molecule has 0 aliphatic carbocycles. The molecular formula is C18H22N2O5S. The standard InChI is InChI=1S/C18H22N2O5S/c1-20(2)16(13-4-9-17-18(10-13)25-12-24-17)11-19-26(21,22)15-7-5-14(23-3)6-8-15/h4-10,16,19H,11-12H2,1-3H3/t16-/m1/s1. The average molecular weight is 378 g/mol. The smallest absolute Gasteiger partial charge is 0.240 e. The molecule has 0 fully saturated rings. The van der Waals surface area contributed by atoms with E-state index in [9.17, 15) is 8.42 Å². The minimum absolute atomic E-state index is 0.155. The number of fused-ring (bicyclic) bond motifs is 1. The number of ether oxygens (including phenoxy) is 3. The summed E-state index contributed by atoms with van der Waals surface area (Å²) in [6.45, 7) is 0.427. The van der Waals surface area contributed by atoms with Crippen molar-refractivity contribution in [1.82, 2.24) is 9.62 Å². The first-order chi connectivity index (χ1) is 12.4. The summed E-state index contributed by atoms with van der Waals surface area (Å²) in [6, 6.07) is 11.8. The predicted octanol–water partition coefficient (Wildman–Crippen LogP) is 2.01. The van der Waals surface area contributed by atoms with Gasteiger partial charge in [0.05, 0.1) is 12.0 Å². The van der Waals surface area contributed by atoms with Crippen LogP contribution in [0.25, 0.3) is 0 Å². The molecule has 1 N–H and O–H groups in total. The van der Waals surface area contributed by atoms with E-state index < -0.39 is 10.0 Å². The lowest BCUT2D eigenvalue weighted by Crippen LogP contribution is -2.34. The number of benzene rings is 2. The molecular weight excluding hydrogens is 356 g/mol.